The summed E-state index contributed by atoms with van der Waals surface area (Å²) in [5, 5.41) is 12.1. The van der Waals surface area contributed by atoms with Gasteiger partial charge in [-0.2, -0.15) is 5.26 Å². The van der Waals surface area contributed by atoms with Crippen LogP contribution >= 0.6 is 27.3 Å². The average Bonchev–Trinajstić information content (AvgIpc) is 2.77. The van der Waals surface area contributed by atoms with E-state index in [-0.39, 0.29) is 0 Å². The lowest BCUT2D eigenvalue weighted by atomic mass is 10.2. The smallest absolute Gasteiger partial charge is 0.144 e. The molecule has 0 radical (unpaired) electrons. The van der Waals surface area contributed by atoms with Gasteiger partial charge in [0.15, 0.2) is 0 Å². The largest absolute Gasteiger partial charge is 0.397 e. The van der Waals surface area contributed by atoms with E-state index < -0.39 is 0 Å². The number of aromatic nitrogens is 1. The van der Waals surface area contributed by atoms with Crippen molar-refractivity contribution >= 4 is 38.8 Å². The first-order chi connectivity index (χ1) is 8.69. The number of nitrogens with two attached hydrogens (primary N) is 1. The third kappa shape index (κ3) is 3.22. The minimum atomic E-state index is 0.474. The van der Waals surface area contributed by atoms with Gasteiger partial charge in [0.1, 0.15) is 11.9 Å². The summed E-state index contributed by atoms with van der Waals surface area (Å²) in [6, 6.07) is 7.81. The Morgan fingerprint density at radius 3 is 3.00 bits per heavy atom. The van der Waals surface area contributed by atoms with Crippen molar-refractivity contribution in [1.82, 2.24) is 4.98 Å². The Morgan fingerprint density at radius 2 is 2.33 bits per heavy atom. The maximum atomic E-state index is 8.97. The zero-order valence-electron chi connectivity index (χ0n) is 9.48. The molecule has 2 aromatic rings. The molecule has 2 heterocycles. The Bertz CT molecular complexity index is 588. The van der Waals surface area contributed by atoms with Crippen LogP contribution in [-0.4, -0.2) is 11.5 Å². The van der Waals surface area contributed by atoms with Gasteiger partial charge >= 0.3 is 0 Å². The lowest BCUT2D eigenvalue weighted by Crippen LogP contribution is -2.07. The van der Waals surface area contributed by atoms with Crippen molar-refractivity contribution in [2.75, 3.05) is 17.6 Å². The Labute approximate surface area is 118 Å². The Balaban J connectivity index is 1.96. The molecule has 0 aliphatic heterocycles. The molecule has 0 aliphatic carbocycles. The minimum absolute atomic E-state index is 0.474. The Morgan fingerprint density at radius 1 is 1.50 bits per heavy atom. The van der Waals surface area contributed by atoms with Crippen molar-refractivity contribution in [1.29, 1.82) is 5.26 Å². The van der Waals surface area contributed by atoms with Crippen LogP contribution in [0.3, 0.4) is 0 Å². The van der Waals surface area contributed by atoms with Gasteiger partial charge in [-0.15, -0.1) is 11.3 Å². The maximum Gasteiger partial charge on any atom is 0.144 e. The fourth-order valence-electron chi connectivity index (χ4n) is 1.50. The monoisotopic (exact) mass is 322 g/mol. The molecule has 0 spiro atoms. The van der Waals surface area contributed by atoms with Crippen molar-refractivity contribution in [3.8, 4) is 6.07 Å². The molecule has 0 bridgehead atoms. The van der Waals surface area contributed by atoms with Crippen molar-refractivity contribution in [3.05, 3.63) is 38.6 Å². The molecule has 0 fully saturated rings. The van der Waals surface area contributed by atoms with Gasteiger partial charge in [-0.1, -0.05) is 0 Å². The lowest BCUT2D eigenvalue weighted by Gasteiger charge is -2.06. The fraction of sp³-hybridized carbons (Fsp3) is 0.167. The van der Waals surface area contributed by atoms with Gasteiger partial charge in [0.05, 0.1) is 21.2 Å². The van der Waals surface area contributed by atoms with E-state index in [2.05, 4.69) is 38.4 Å². The molecule has 0 aliphatic rings. The molecule has 92 valence electrons. The standard InChI is InChI=1S/C12H11BrN4S/c13-11-2-1-10(18-11)3-4-16-12-8(6-14)5-9(15)7-17-12/h1-2,5,7H,3-4,15H2,(H,16,17). The van der Waals surface area contributed by atoms with Crippen LogP contribution in [-0.2, 0) is 6.42 Å². The molecule has 4 nitrogen and oxygen atoms in total. The second-order valence-electron chi connectivity index (χ2n) is 3.66. The van der Waals surface area contributed by atoms with E-state index in [9.17, 15) is 0 Å². The molecule has 3 N–H and O–H groups in total. The number of pyridine rings is 1. The average molecular weight is 323 g/mol. The van der Waals surface area contributed by atoms with Gasteiger partial charge in [-0.25, -0.2) is 4.98 Å². The van der Waals surface area contributed by atoms with Crippen LogP contribution in [0.25, 0.3) is 0 Å². The number of halogens is 1. The normalized spacial score (nSPS) is 10.0. The molecule has 6 heteroatoms. The van der Waals surface area contributed by atoms with Crippen molar-refractivity contribution in [3.63, 3.8) is 0 Å². The topological polar surface area (TPSA) is 74.7 Å². The molecule has 0 amide bonds. The highest BCUT2D eigenvalue weighted by molar-refractivity contribution is 9.11. The molecule has 0 aromatic carbocycles. The first kappa shape index (κ1) is 12.9. The van der Waals surface area contributed by atoms with Gasteiger partial charge < -0.3 is 11.1 Å². The summed E-state index contributed by atoms with van der Waals surface area (Å²) in [5.41, 5.74) is 6.55. The second kappa shape index (κ2) is 5.85. The van der Waals surface area contributed by atoms with Gasteiger partial charge in [0, 0.05) is 11.4 Å². The molecule has 2 rings (SSSR count). The molecule has 0 unspecified atom stereocenters. The highest BCUT2D eigenvalue weighted by atomic mass is 79.9. The summed E-state index contributed by atoms with van der Waals surface area (Å²) in [5.74, 6) is 0.585. The zero-order chi connectivity index (χ0) is 13.0. The number of nitrogen functional groups attached to an aromatic ring is 1. The molecule has 0 atom stereocenters. The molecule has 0 saturated carbocycles. The van der Waals surface area contributed by atoms with E-state index in [1.165, 1.54) is 4.88 Å². The summed E-state index contributed by atoms with van der Waals surface area (Å²) in [4.78, 5) is 5.40. The van der Waals surface area contributed by atoms with E-state index >= 15 is 0 Å². The summed E-state index contributed by atoms with van der Waals surface area (Å²) in [6.45, 7) is 0.735. The number of hydrogen-bond donors (Lipinski definition) is 2. The number of nitrogens with one attached hydrogen (secondary N) is 1. The molecule has 2 aromatic heterocycles. The molecule has 0 saturated heterocycles. The van der Waals surface area contributed by atoms with Gasteiger partial charge in [0.25, 0.3) is 0 Å². The van der Waals surface area contributed by atoms with Gasteiger partial charge in [0.2, 0.25) is 0 Å². The lowest BCUT2D eigenvalue weighted by molar-refractivity contribution is 1.03. The van der Waals surface area contributed by atoms with Crippen molar-refractivity contribution in [2.45, 2.75) is 6.42 Å². The number of hydrogen-bond acceptors (Lipinski definition) is 5. The third-order valence-electron chi connectivity index (χ3n) is 2.32. The van der Waals surface area contributed by atoms with Crippen LogP contribution in [0.5, 0.6) is 0 Å². The number of nitriles is 1. The van der Waals surface area contributed by atoms with E-state index in [1.807, 2.05) is 6.07 Å². The maximum absolute atomic E-state index is 8.97. The highest BCUT2D eigenvalue weighted by Gasteiger charge is 2.04. The summed E-state index contributed by atoms with van der Waals surface area (Å²) >= 11 is 5.14. The molecular formula is C12H11BrN4S. The molecule has 18 heavy (non-hydrogen) atoms. The zero-order valence-corrected chi connectivity index (χ0v) is 11.9. The number of anilines is 2. The SMILES string of the molecule is N#Cc1cc(N)cnc1NCCc1ccc(Br)s1. The number of nitrogens with zero attached hydrogens (tertiary/aromatic N) is 2. The summed E-state index contributed by atoms with van der Waals surface area (Å²) in [6.07, 6.45) is 2.44. The highest BCUT2D eigenvalue weighted by Crippen LogP contribution is 2.22. The quantitative estimate of drug-likeness (QED) is 0.907. The summed E-state index contributed by atoms with van der Waals surface area (Å²) < 4.78 is 1.13. The van der Waals surface area contributed by atoms with Crippen LogP contribution in [0.15, 0.2) is 28.2 Å². The van der Waals surface area contributed by atoms with Crippen LogP contribution in [0, 0.1) is 11.3 Å². The van der Waals surface area contributed by atoms with Crippen molar-refractivity contribution < 1.29 is 0 Å². The van der Waals surface area contributed by atoms with Crippen LogP contribution in [0.4, 0.5) is 11.5 Å². The second-order valence-corrected chi connectivity index (χ2v) is 6.21. The minimum Gasteiger partial charge on any atom is -0.397 e. The van der Waals surface area contributed by atoms with Gasteiger partial charge in [-0.3, -0.25) is 0 Å². The van der Waals surface area contributed by atoms with E-state index in [1.54, 1.807) is 23.6 Å². The molecular weight excluding hydrogens is 312 g/mol. The number of thiophene rings is 1. The fourth-order valence-corrected chi connectivity index (χ4v) is 2.98. The van der Waals surface area contributed by atoms with Gasteiger partial charge in [-0.05, 0) is 40.5 Å². The first-order valence-corrected chi connectivity index (χ1v) is 6.93. The van der Waals surface area contributed by atoms with E-state index in [0.29, 0.717) is 17.1 Å². The first-order valence-electron chi connectivity index (χ1n) is 5.33. The van der Waals surface area contributed by atoms with E-state index in [4.69, 9.17) is 11.0 Å². The van der Waals surface area contributed by atoms with Crippen molar-refractivity contribution in [2.24, 2.45) is 0 Å². The van der Waals surface area contributed by atoms with E-state index in [0.717, 1.165) is 16.8 Å². The summed E-state index contributed by atoms with van der Waals surface area (Å²) in [7, 11) is 0. The van der Waals surface area contributed by atoms with Crippen LogP contribution in [0.2, 0.25) is 0 Å². The Kier molecular flexibility index (Phi) is 4.18. The van der Waals surface area contributed by atoms with Crippen LogP contribution in [0.1, 0.15) is 10.4 Å². The van der Waals surface area contributed by atoms with Crippen LogP contribution < -0.4 is 11.1 Å². The third-order valence-corrected chi connectivity index (χ3v) is 4.01. The predicted octanol–water partition coefficient (Wildman–Crippen LogP) is 3.01. The number of rotatable bonds is 4. The predicted molar refractivity (Wildman–Crippen MR) is 77.6 cm³/mol. The Hall–Kier alpha value is -1.58.